The summed E-state index contributed by atoms with van der Waals surface area (Å²) in [5, 5.41) is 9.37. The summed E-state index contributed by atoms with van der Waals surface area (Å²) < 4.78 is 5.78. The molecule has 0 spiro atoms. The molecular formula is C18H23NO2. The van der Waals surface area contributed by atoms with Crippen LogP contribution in [0.4, 0.5) is 0 Å². The Kier molecular flexibility index (Phi) is 4.42. The van der Waals surface area contributed by atoms with Crippen molar-refractivity contribution < 1.29 is 9.52 Å². The average Bonchev–Trinajstić information content (AvgIpc) is 2.94. The number of likely N-dealkylation sites (tertiary alicyclic amines) is 1. The molecule has 0 radical (unpaired) electrons. The monoisotopic (exact) mass is 285 g/mol. The van der Waals surface area contributed by atoms with Gasteiger partial charge >= 0.3 is 0 Å². The third-order valence-corrected chi connectivity index (χ3v) is 4.28. The Bertz CT molecular complexity index is 590. The van der Waals surface area contributed by atoms with Gasteiger partial charge in [0.25, 0.3) is 0 Å². The molecule has 1 atom stereocenters. The fourth-order valence-electron chi connectivity index (χ4n) is 3.16. The van der Waals surface area contributed by atoms with E-state index in [-0.39, 0.29) is 0 Å². The van der Waals surface area contributed by atoms with Gasteiger partial charge in [0, 0.05) is 25.3 Å². The van der Waals surface area contributed by atoms with E-state index in [1.807, 2.05) is 19.1 Å². The lowest BCUT2D eigenvalue weighted by Crippen LogP contribution is -2.36. The molecule has 2 heterocycles. The Morgan fingerprint density at radius 2 is 2.10 bits per heavy atom. The first-order chi connectivity index (χ1) is 10.3. The third-order valence-electron chi connectivity index (χ3n) is 4.28. The minimum atomic E-state index is 0.301. The minimum Gasteiger partial charge on any atom is -0.461 e. The van der Waals surface area contributed by atoms with Crippen LogP contribution >= 0.6 is 0 Å². The molecule has 1 aromatic carbocycles. The first-order valence-corrected chi connectivity index (χ1v) is 7.74. The highest BCUT2D eigenvalue weighted by Gasteiger charge is 2.20. The zero-order valence-electron chi connectivity index (χ0n) is 12.6. The third kappa shape index (κ3) is 3.36. The largest absolute Gasteiger partial charge is 0.461 e. The fourth-order valence-corrected chi connectivity index (χ4v) is 3.16. The number of hydrogen-bond acceptors (Lipinski definition) is 3. The molecule has 0 aliphatic carbocycles. The van der Waals surface area contributed by atoms with E-state index >= 15 is 0 Å². The number of aryl methyl sites for hydroxylation is 1. The highest BCUT2D eigenvalue weighted by Crippen LogP contribution is 2.27. The van der Waals surface area contributed by atoms with Crippen LogP contribution in [0.2, 0.25) is 0 Å². The predicted octanol–water partition coefficient (Wildman–Crippen LogP) is 3.46. The lowest BCUT2D eigenvalue weighted by atomic mass is 9.97. The molecule has 0 bridgehead atoms. The Morgan fingerprint density at radius 3 is 2.86 bits per heavy atom. The quantitative estimate of drug-likeness (QED) is 0.934. The van der Waals surface area contributed by atoms with Gasteiger partial charge in [-0.3, -0.25) is 4.90 Å². The molecule has 3 heteroatoms. The van der Waals surface area contributed by atoms with Gasteiger partial charge in [0.2, 0.25) is 0 Å². The molecule has 0 unspecified atom stereocenters. The second-order valence-corrected chi connectivity index (χ2v) is 5.99. The summed E-state index contributed by atoms with van der Waals surface area (Å²) in [6.45, 7) is 5.30. The van der Waals surface area contributed by atoms with Gasteiger partial charge in [0.15, 0.2) is 0 Å². The molecule has 2 aromatic rings. The number of aliphatic hydroxyl groups is 1. The molecule has 1 N–H and O–H groups in total. The van der Waals surface area contributed by atoms with Gasteiger partial charge in [-0.05, 0) is 49.9 Å². The Balaban J connectivity index is 1.79. The van der Waals surface area contributed by atoms with Gasteiger partial charge in [0.1, 0.15) is 11.5 Å². The zero-order valence-corrected chi connectivity index (χ0v) is 12.6. The van der Waals surface area contributed by atoms with Gasteiger partial charge in [-0.25, -0.2) is 0 Å². The Morgan fingerprint density at radius 1 is 1.24 bits per heavy atom. The summed E-state index contributed by atoms with van der Waals surface area (Å²) in [5.74, 6) is 2.31. The summed E-state index contributed by atoms with van der Waals surface area (Å²) in [5.41, 5.74) is 2.47. The maximum absolute atomic E-state index is 9.37. The van der Waals surface area contributed by atoms with Crippen molar-refractivity contribution in [2.45, 2.75) is 26.3 Å². The SMILES string of the molecule is Cc1ccc(-c2ccccc2CN2CCC[C@H](CO)C2)o1. The molecule has 1 aromatic heterocycles. The van der Waals surface area contributed by atoms with Gasteiger partial charge in [-0.15, -0.1) is 0 Å². The number of rotatable bonds is 4. The lowest BCUT2D eigenvalue weighted by Gasteiger charge is -2.32. The van der Waals surface area contributed by atoms with Crippen molar-refractivity contribution in [3.63, 3.8) is 0 Å². The zero-order chi connectivity index (χ0) is 14.7. The maximum atomic E-state index is 9.37. The van der Waals surface area contributed by atoms with Crippen LogP contribution in [0.5, 0.6) is 0 Å². The van der Waals surface area contributed by atoms with E-state index in [9.17, 15) is 5.11 Å². The minimum absolute atomic E-state index is 0.301. The van der Waals surface area contributed by atoms with Crippen LogP contribution in [0.1, 0.15) is 24.2 Å². The maximum Gasteiger partial charge on any atom is 0.134 e. The van der Waals surface area contributed by atoms with Crippen LogP contribution in [0.25, 0.3) is 11.3 Å². The van der Waals surface area contributed by atoms with Crippen LogP contribution in [-0.4, -0.2) is 29.7 Å². The molecule has 1 saturated heterocycles. The van der Waals surface area contributed by atoms with E-state index in [0.717, 1.165) is 37.6 Å². The van der Waals surface area contributed by atoms with Crippen molar-refractivity contribution in [3.8, 4) is 11.3 Å². The standard InChI is InChI=1S/C18H23NO2/c1-14-8-9-18(21-14)17-7-3-2-6-16(17)12-19-10-4-5-15(11-19)13-20/h2-3,6-9,15,20H,4-5,10-13H2,1H3/t15-/m0/s1. The first-order valence-electron chi connectivity index (χ1n) is 7.74. The molecule has 0 saturated carbocycles. The topological polar surface area (TPSA) is 36.6 Å². The number of nitrogens with zero attached hydrogens (tertiary/aromatic N) is 1. The summed E-state index contributed by atoms with van der Waals surface area (Å²) in [4.78, 5) is 2.44. The van der Waals surface area contributed by atoms with Crippen LogP contribution in [-0.2, 0) is 6.54 Å². The van der Waals surface area contributed by atoms with Crippen molar-refractivity contribution in [2.75, 3.05) is 19.7 Å². The highest BCUT2D eigenvalue weighted by atomic mass is 16.3. The lowest BCUT2D eigenvalue weighted by molar-refractivity contribution is 0.116. The number of piperidine rings is 1. The van der Waals surface area contributed by atoms with E-state index in [2.05, 4.69) is 29.2 Å². The smallest absolute Gasteiger partial charge is 0.134 e. The number of furan rings is 1. The van der Waals surface area contributed by atoms with E-state index in [0.29, 0.717) is 12.5 Å². The van der Waals surface area contributed by atoms with E-state index in [1.54, 1.807) is 0 Å². The number of hydrogen-bond donors (Lipinski definition) is 1. The second-order valence-electron chi connectivity index (χ2n) is 5.99. The van der Waals surface area contributed by atoms with Crippen LogP contribution in [0.15, 0.2) is 40.8 Å². The molecule has 1 fully saturated rings. The normalized spacial score (nSPS) is 19.8. The summed E-state index contributed by atoms with van der Waals surface area (Å²) in [6.07, 6.45) is 2.32. The van der Waals surface area contributed by atoms with Crippen molar-refractivity contribution in [2.24, 2.45) is 5.92 Å². The van der Waals surface area contributed by atoms with Crippen molar-refractivity contribution in [3.05, 3.63) is 47.7 Å². The van der Waals surface area contributed by atoms with E-state index in [1.165, 1.54) is 17.5 Å². The van der Waals surface area contributed by atoms with Crippen molar-refractivity contribution in [1.29, 1.82) is 0 Å². The number of aliphatic hydroxyl groups excluding tert-OH is 1. The molecule has 112 valence electrons. The molecule has 0 amide bonds. The van der Waals surface area contributed by atoms with Crippen LogP contribution < -0.4 is 0 Å². The molecule has 1 aliphatic rings. The summed E-state index contributed by atoms with van der Waals surface area (Å²) >= 11 is 0. The van der Waals surface area contributed by atoms with Gasteiger partial charge in [0.05, 0.1) is 0 Å². The molecule has 21 heavy (non-hydrogen) atoms. The van der Waals surface area contributed by atoms with Crippen LogP contribution in [0, 0.1) is 12.8 Å². The molecule has 3 rings (SSSR count). The summed E-state index contributed by atoms with van der Waals surface area (Å²) in [6, 6.07) is 12.5. The summed E-state index contributed by atoms with van der Waals surface area (Å²) in [7, 11) is 0. The Labute approximate surface area is 126 Å². The predicted molar refractivity (Wildman–Crippen MR) is 84.0 cm³/mol. The van der Waals surface area contributed by atoms with Crippen LogP contribution in [0.3, 0.4) is 0 Å². The average molecular weight is 285 g/mol. The molecular weight excluding hydrogens is 262 g/mol. The van der Waals surface area contributed by atoms with Gasteiger partial charge in [-0.1, -0.05) is 24.3 Å². The molecule has 1 aliphatic heterocycles. The second kappa shape index (κ2) is 6.46. The van der Waals surface area contributed by atoms with Gasteiger partial charge < -0.3 is 9.52 Å². The fraction of sp³-hybridized carbons (Fsp3) is 0.444. The van der Waals surface area contributed by atoms with E-state index < -0.39 is 0 Å². The first kappa shape index (κ1) is 14.4. The van der Waals surface area contributed by atoms with E-state index in [4.69, 9.17) is 4.42 Å². The van der Waals surface area contributed by atoms with Gasteiger partial charge in [-0.2, -0.15) is 0 Å². The Hall–Kier alpha value is -1.58. The van der Waals surface area contributed by atoms with Crippen molar-refractivity contribution >= 4 is 0 Å². The molecule has 3 nitrogen and oxygen atoms in total. The highest BCUT2D eigenvalue weighted by molar-refractivity contribution is 5.62. The number of benzene rings is 1. The van der Waals surface area contributed by atoms with Crippen molar-refractivity contribution in [1.82, 2.24) is 4.90 Å².